The third-order valence-electron chi connectivity index (χ3n) is 7.88. The van der Waals surface area contributed by atoms with Crippen molar-refractivity contribution in [2.75, 3.05) is 45.8 Å². The third-order valence-corrected chi connectivity index (χ3v) is 7.88. The first-order valence-electron chi connectivity index (χ1n) is 13.7. The van der Waals surface area contributed by atoms with E-state index in [4.69, 9.17) is 0 Å². The summed E-state index contributed by atoms with van der Waals surface area (Å²) >= 11 is 0. The SMILES string of the molecule is Cl.Cl.O=C(c1cc(C(F)(F)F)cc(C(F)(F)F)c1)N1CCN(CCCN2CC=CCC2)C[C@H]1Cc1c[nH]c2ccccc12. The molecular formula is C30H34Cl2F6N4O. The van der Waals surface area contributed by atoms with Crippen LogP contribution in [0.15, 0.2) is 60.8 Å². The van der Waals surface area contributed by atoms with Gasteiger partial charge in [-0.2, -0.15) is 26.3 Å². The largest absolute Gasteiger partial charge is 0.416 e. The molecule has 13 heteroatoms. The number of alkyl halides is 6. The van der Waals surface area contributed by atoms with E-state index >= 15 is 0 Å². The van der Waals surface area contributed by atoms with Gasteiger partial charge in [0.25, 0.3) is 5.91 Å². The summed E-state index contributed by atoms with van der Waals surface area (Å²) in [7, 11) is 0. The number of para-hydroxylation sites is 1. The number of amides is 1. The minimum absolute atomic E-state index is 0. The van der Waals surface area contributed by atoms with Crippen LogP contribution in [-0.4, -0.2) is 77.4 Å². The predicted molar refractivity (Wildman–Crippen MR) is 159 cm³/mol. The molecule has 1 saturated heterocycles. The van der Waals surface area contributed by atoms with Crippen molar-refractivity contribution in [1.82, 2.24) is 19.7 Å². The summed E-state index contributed by atoms with van der Waals surface area (Å²) in [5.41, 5.74) is -1.74. The maximum absolute atomic E-state index is 13.6. The van der Waals surface area contributed by atoms with Crippen molar-refractivity contribution >= 4 is 41.6 Å². The van der Waals surface area contributed by atoms with Gasteiger partial charge >= 0.3 is 12.4 Å². The number of nitrogens with zero attached hydrogens (tertiary/aromatic N) is 3. The Bertz CT molecular complexity index is 1380. The van der Waals surface area contributed by atoms with E-state index in [-0.39, 0.29) is 37.4 Å². The first-order chi connectivity index (χ1) is 19.5. The first kappa shape index (κ1) is 34.8. The molecule has 2 aliphatic heterocycles. The molecule has 0 spiro atoms. The summed E-state index contributed by atoms with van der Waals surface area (Å²) in [4.78, 5) is 22.9. The Kier molecular flexibility index (Phi) is 11.6. The lowest BCUT2D eigenvalue weighted by molar-refractivity contribution is -0.143. The molecule has 0 radical (unpaired) electrons. The van der Waals surface area contributed by atoms with E-state index in [2.05, 4.69) is 26.9 Å². The van der Waals surface area contributed by atoms with Gasteiger partial charge in [-0.1, -0.05) is 30.4 Å². The van der Waals surface area contributed by atoms with E-state index in [1.165, 1.54) is 4.90 Å². The number of carbonyl (C=O) groups is 1. The van der Waals surface area contributed by atoms with Crippen molar-refractivity contribution in [3.63, 3.8) is 0 Å². The Morgan fingerprint density at radius 2 is 1.53 bits per heavy atom. The number of aromatic amines is 1. The Labute approximate surface area is 258 Å². The van der Waals surface area contributed by atoms with Crippen molar-refractivity contribution in [1.29, 1.82) is 0 Å². The molecule has 0 unspecified atom stereocenters. The fraction of sp³-hybridized carbons (Fsp3) is 0.433. The molecule has 3 aromatic rings. The van der Waals surface area contributed by atoms with Gasteiger partial charge < -0.3 is 9.88 Å². The zero-order valence-electron chi connectivity index (χ0n) is 23.3. The van der Waals surface area contributed by atoms with Crippen LogP contribution in [0.5, 0.6) is 0 Å². The molecule has 1 N–H and O–H groups in total. The van der Waals surface area contributed by atoms with Gasteiger partial charge in [0, 0.05) is 61.4 Å². The summed E-state index contributed by atoms with van der Waals surface area (Å²) in [5.74, 6) is -0.828. The van der Waals surface area contributed by atoms with E-state index in [0.29, 0.717) is 31.6 Å². The molecule has 1 amide bonds. The second-order valence-corrected chi connectivity index (χ2v) is 10.7. The normalized spacial score (nSPS) is 18.4. The van der Waals surface area contributed by atoms with Gasteiger partial charge in [0.05, 0.1) is 11.1 Å². The van der Waals surface area contributed by atoms with Gasteiger partial charge in [0.2, 0.25) is 0 Å². The van der Waals surface area contributed by atoms with Crippen molar-refractivity contribution < 1.29 is 31.1 Å². The van der Waals surface area contributed by atoms with Gasteiger partial charge in [0.15, 0.2) is 0 Å². The van der Waals surface area contributed by atoms with Crippen molar-refractivity contribution in [3.8, 4) is 0 Å². The second kappa shape index (κ2) is 14.4. The average molecular weight is 652 g/mol. The highest BCUT2D eigenvalue weighted by Gasteiger charge is 2.39. The second-order valence-electron chi connectivity index (χ2n) is 10.7. The molecule has 5 rings (SSSR count). The third kappa shape index (κ3) is 8.47. The van der Waals surface area contributed by atoms with Gasteiger partial charge in [0.1, 0.15) is 0 Å². The average Bonchev–Trinajstić information content (AvgIpc) is 3.35. The predicted octanol–water partition coefficient (Wildman–Crippen LogP) is 7.07. The van der Waals surface area contributed by atoms with Crippen molar-refractivity contribution in [2.24, 2.45) is 0 Å². The quantitative estimate of drug-likeness (QED) is 0.220. The van der Waals surface area contributed by atoms with E-state index in [1.807, 2.05) is 30.5 Å². The number of hydrogen-bond acceptors (Lipinski definition) is 3. The lowest BCUT2D eigenvalue weighted by Crippen LogP contribution is -2.56. The first-order valence-corrected chi connectivity index (χ1v) is 13.7. The number of carbonyl (C=O) groups excluding carboxylic acids is 1. The summed E-state index contributed by atoms with van der Waals surface area (Å²) < 4.78 is 81.1. The van der Waals surface area contributed by atoms with Gasteiger partial charge in [-0.15, -0.1) is 24.8 Å². The fourth-order valence-corrected chi connectivity index (χ4v) is 5.77. The summed E-state index contributed by atoms with van der Waals surface area (Å²) in [5, 5.41) is 0.966. The van der Waals surface area contributed by atoms with E-state index in [0.717, 1.165) is 55.5 Å². The highest BCUT2D eigenvalue weighted by molar-refractivity contribution is 5.95. The van der Waals surface area contributed by atoms with Crippen LogP contribution >= 0.6 is 24.8 Å². The Morgan fingerprint density at radius 1 is 0.860 bits per heavy atom. The molecular weight excluding hydrogens is 617 g/mol. The molecule has 43 heavy (non-hydrogen) atoms. The van der Waals surface area contributed by atoms with Crippen LogP contribution in [-0.2, 0) is 18.8 Å². The van der Waals surface area contributed by atoms with E-state index in [9.17, 15) is 31.1 Å². The minimum Gasteiger partial charge on any atom is -0.361 e. The summed E-state index contributed by atoms with van der Waals surface area (Å²) in [6, 6.07) is 8.33. The van der Waals surface area contributed by atoms with Crippen LogP contribution in [0.3, 0.4) is 0 Å². The maximum atomic E-state index is 13.6. The minimum atomic E-state index is -5.03. The monoisotopic (exact) mass is 650 g/mol. The number of halogens is 8. The topological polar surface area (TPSA) is 42.6 Å². The molecule has 1 atom stereocenters. The molecule has 1 fully saturated rings. The zero-order chi connectivity index (χ0) is 29.2. The number of H-pyrrole nitrogens is 1. The van der Waals surface area contributed by atoms with Crippen LogP contribution in [0, 0.1) is 0 Å². The van der Waals surface area contributed by atoms with Crippen molar-refractivity contribution in [3.05, 3.63) is 83.1 Å². The van der Waals surface area contributed by atoms with Gasteiger partial charge in [-0.25, -0.2) is 0 Å². The van der Waals surface area contributed by atoms with Crippen LogP contribution in [0.1, 0.15) is 39.9 Å². The summed E-state index contributed by atoms with van der Waals surface area (Å²) in [6.07, 6.45) is -1.52. The highest BCUT2D eigenvalue weighted by atomic mass is 35.5. The Hall–Kier alpha value is -2.73. The number of fused-ring (bicyclic) bond motifs is 1. The van der Waals surface area contributed by atoms with E-state index in [1.54, 1.807) is 0 Å². The van der Waals surface area contributed by atoms with Crippen LogP contribution in [0.2, 0.25) is 0 Å². The van der Waals surface area contributed by atoms with Crippen molar-refractivity contribution in [2.45, 2.75) is 37.7 Å². The Balaban J connectivity index is 0.00000253. The molecule has 0 saturated carbocycles. The number of aromatic nitrogens is 1. The fourth-order valence-electron chi connectivity index (χ4n) is 5.77. The van der Waals surface area contributed by atoms with E-state index < -0.39 is 41.0 Å². The highest BCUT2D eigenvalue weighted by Crippen LogP contribution is 2.37. The maximum Gasteiger partial charge on any atom is 0.416 e. The molecule has 0 aliphatic carbocycles. The van der Waals surface area contributed by atoms with Crippen LogP contribution < -0.4 is 0 Å². The zero-order valence-corrected chi connectivity index (χ0v) is 24.9. The number of nitrogens with one attached hydrogen (secondary N) is 1. The molecule has 2 aromatic carbocycles. The summed E-state index contributed by atoms with van der Waals surface area (Å²) in [6.45, 7) is 4.81. The van der Waals surface area contributed by atoms with Crippen LogP contribution in [0.25, 0.3) is 10.9 Å². The standard InChI is InChI=1S/C30H32F6N4O.2ClH/c31-29(32,33)23-15-21(16-24(18-23)30(34,35)36)28(41)40-14-13-39(12-6-11-38-9-4-1-5-10-38)20-25(40)17-22-19-37-27-8-3-2-7-26(22)27;;/h1-4,7-8,15-16,18-19,25,37H,5-6,9-14,17,20H2;2*1H/t25-;;/m1../s1. The molecule has 5 nitrogen and oxygen atoms in total. The van der Waals surface area contributed by atoms with Gasteiger partial charge in [-0.05, 0) is 62.2 Å². The molecule has 2 aliphatic rings. The van der Waals surface area contributed by atoms with Crippen LogP contribution in [0.4, 0.5) is 26.3 Å². The number of piperazine rings is 1. The lowest BCUT2D eigenvalue weighted by atomic mass is 9.98. The lowest BCUT2D eigenvalue weighted by Gasteiger charge is -2.42. The molecule has 0 bridgehead atoms. The molecule has 1 aromatic heterocycles. The number of rotatable bonds is 7. The molecule has 3 heterocycles. The Morgan fingerprint density at radius 3 is 2.19 bits per heavy atom. The number of hydrogen-bond donors (Lipinski definition) is 1. The smallest absolute Gasteiger partial charge is 0.361 e. The molecule has 236 valence electrons. The number of benzene rings is 2. The van der Waals surface area contributed by atoms with Gasteiger partial charge in [-0.3, -0.25) is 14.6 Å².